The van der Waals surface area contributed by atoms with E-state index >= 15 is 0 Å². The van der Waals surface area contributed by atoms with Gasteiger partial charge < -0.3 is 0 Å². The molecule has 0 heterocycles. The van der Waals surface area contributed by atoms with Crippen molar-refractivity contribution in [3.8, 4) is 44.5 Å². The molecule has 0 saturated carbocycles. The Morgan fingerprint density at radius 1 is 0.213 bits per heavy atom. The van der Waals surface area contributed by atoms with Crippen LogP contribution >= 0.6 is 0 Å². The molecule has 0 nitrogen and oxygen atoms in total. The highest BCUT2D eigenvalue weighted by Crippen LogP contribution is 2.63. The number of fused-ring (bicyclic) bond motifs is 17. The summed E-state index contributed by atoms with van der Waals surface area (Å²) in [6.07, 6.45) is 0. The van der Waals surface area contributed by atoms with Crippen LogP contribution in [0, 0.1) is 0 Å². The molecular formula is C61H36. The van der Waals surface area contributed by atoms with E-state index in [4.69, 9.17) is 0 Å². The van der Waals surface area contributed by atoms with Crippen LogP contribution in [0.25, 0.3) is 109 Å². The molecule has 2 aliphatic carbocycles. The van der Waals surface area contributed by atoms with Crippen molar-refractivity contribution >= 4 is 64.6 Å². The Kier molecular flexibility index (Phi) is 6.58. The lowest BCUT2D eigenvalue weighted by Gasteiger charge is -2.30. The molecule has 12 aromatic carbocycles. The van der Waals surface area contributed by atoms with E-state index in [9.17, 15) is 0 Å². The van der Waals surface area contributed by atoms with Gasteiger partial charge in [-0.3, -0.25) is 0 Å². The molecule has 14 rings (SSSR count). The molecule has 0 aliphatic heterocycles. The van der Waals surface area contributed by atoms with E-state index in [0.717, 1.165) is 0 Å². The maximum atomic E-state index is 2.54. The highest BCUT2D eigenvalue weighted by Gasteiger charge is 2.51. The van der Waals surface area contributed by atoms with Gasteiger partial charge in [0, 0.05) is 0 Å². The first-order chi connectivity index (χ1) is 30.3. The molecule has 61 heavy (non-hydrogen) atoms. The van der Waals surface area contributed by atoms with Gasteiger partial charge in [0.2, 0.25) is 0 Å². The number of hydrogen-bond acceptors (Lipinski definition) is 0. The third-order valence-electron chi connectivity index (χ3n) is 14.2. The van der Waals surface area contributed by atoms with Gasteiger partial charge in [-0.15, -0.1) is 0 Å². The lowest BCUT2D eigenvalue weighted by Crippen LogP contribution is -2.25. The zero-order chi connectivity index (χ0) is 39.8. The van der Waals surface area contributed by atoms with Crippen LogP contribution in [0.3, 0.4) is 0 Å². The Hall–Kier alpha value is -7.80. The molecule has 0 N–H and O–H groups in total. The van der Waals surface area contributed by atoms with Crippen molar-refractivity contribution in [3.05, 3.63) is 241 Å². The maximum absolute atomic E-state index is 2.54. The molecule has 0 fully saturated rings. The van der Waals surface area contributed by atoms with E-state index in [1.165, 1.54) is 131 Å². The summed E-state index contributed by atoms with van der Waals surface area (Å²) >= 11 is 0. The molecule has 2 aliphatic rings. The molecule has 0 saturated heterocycles. The summed E-state index contributed by atoms with van der Waals surface area (Å²) < 4.78 is 0. The second-order valence-corrected chi connectivity index (χ2v) is 17.1. The average molecular weight is 769 g/mol. The highest BCUT2D eigenvalue weighted by atomic mass is 14.5. The Bertz CT molecular complexity index is 3780. The van der Waals surface area contributed by atoms with Crippen LogP contribution in [0.15, 0.2) is 218 Å². The van der Waals surface area contributed by atoms with Gasteiger partial charge >= 0.3 is 0 Å². The molecule has 0 aromatic heterocycles. The van der Waals surface area contributed by atoms with Gasteiger partial charge in [0.05, 0.1) is 5.41 Å². The third kappa shape index (κ3) is 4.33. The summed E-state index contributed by atoms with van der Waals surface area (Å²) in [6, 6.07) is 82.5. The lowest BCUT2D eigenvalue weighted by atomic mass is 9.70. The second-order valence-electron chi connectivity index (χ2n) is 17.1. The fourth-order valence-corrected chi connectivity index (χ4v) is 11.7. The van der Waals surface area contributed by atoms with Crippen LogP contribution < -0.4 is 0 Å². The minimum atomic E-state index is -0.421. The molecule has 0 radical (unpaired) electrons. The van der Waals surface area contributed by atoms with Crippen LogP contribution in [-0.2, 0) is 5.41 Å². The van der Waals surface area contributed by atoms with E-state index in [-0.39, 0.29) is 0 Å². The lowest BCUT2D eigenvalue weighted by molar-refractivity contribution is 0.796. The van der Waals surface area contributed by atoms with Crippen LogP contribution in [-0.4, -0.2) is 0 Å². The van der Waals surface area contributed by atoms with Crippen molar-refractivity contribution in [3.63, 3.8) is 0 Å². The van der Waals surface area contributed by atoms with E-state index in [2.05, 4.69) is 218 Å². The largest absolute Gasteiger partial charge is 0.0725 e. The number of hydrogen-bond donors (Lipinski definition) is 0. The van der Waals surface area contributed by atoms with Gasteiger partial charge in [-0.1, -0.05) is 182 Å². The van der Waals surface area contributed by atoms with Gasteiger partial charge in [-0.2, -0.15) is 0 Å². The Labute approximate surface area is 353 Å². The fraction of sp³-hybridized carbons (Fsp3) is 0.0164. The van der Waals surface area contributed by atoms with Crippen LogP contribution in [0.1, 0.15) is 22.3 Å². The molecule has 280 valence electrons. The van der Waals surface area contributed by atoms with Crippen molar-refractivity contribution in [2.24, 2.45) is 0 Å². The SMILES string of the molecule is c1ccc2c(c1)-c1ccccc1C21c2cc3ccccc3cc2-c2cc3ccc(-c4c5ccccc5c(-c5cc6ccccc6c6ccccc56)c5ccccc45)cc3cc21. The average Bonchev–Trinajstić information content (AvgIpc) is 3.77. The minimum absolute atomic E-state index is 0.421. The van der Waals surface area contributed by atoms with Gasteiger partial charge in [0.1, 0.15) is 0 Å². The van der Waals surface area contributed by atoms with E-state index in [1.807, 2.05) is 0 Å². The minimum Gasteiger partial charge on any atom is -0.0619 e. The zero-order valence-electron chi connectivity index (χ0n) is 33.3. The molecule has 0 unspecified atom stereocenters. The topological polar surface area (TPSA) is 0 Å². The van der Waals surface area contributed by atoms with Gasteiger partial charge in [-0.05, 0) is 168 Å². The standard InChI is InChI=1S/C61H36/c1-2-16-38-35-57-52(32-37(38)15-1)53-33-39-29-30-41(31-42(39)36-58(53)61(57)55-27-13-11-21-46(55)47-22-12-14-28-56(47)61)59-48-23-7-9-25-50(48)60(51-26-10-8-24-49(51)59)54-34-40-17-3-4-18-43(40)44-19-5-6-20-45(44)54/h1-36H. The Morgan fingerprint density at radius 2 is 0.639 bits per heavy atom. The second kappa shape index (κ2) is 12.1. The van der Waals surface area contributed by atoms with E-state index < -0.39 is 5.41 Å². The molecule has 0 bridgehead atoms. The monoisotopic (exact) mass is 768 g/mol. The first-order valence-electron chi connectivity index (χ1n) is 21.4. The molecule has 12 aromatic rings. The highest BCUT2D eigenvalue weighted by molar-refractivity contribution is 6.26. The summed E-state index contributed by atoms with van der Waals surface area (Å²) in [5, 5.41) is 15.3. The zero-order valence-corrected chi connectivity index (χ0v) is 33.3. The van der Waals surface area contributed by atoms with E-state index in [1.54, 1.807) is 0 Å². The predicted octanol–water partition coefficient (Wildman–Crippen LogP) is 16.3. The quantitative estimate of drug-likeness (QED) is 0.121. The van der Waals surface area contributed by atoms with E-state index in [0.29, 0.717) is 0 Å². The summed E-state index contributed by atoms with van der Waals surface area (Å²) in [4.78, 5) is 0. The number of benzene rings is 12. The van der Waals surface area contributed by atoms with Gasteiger partial charge in [-0.25, -0.2) is 0 Å². The molecule has 0 atom stereocenters. The predicted molar refractivity (Wildman–Crippen MR) is 259 cm³/mol. The molecule has 0 amide bonds. The molecule has 0 heteroatoms. The molecule has 1 spiro atoms. The fourth-order valence-electron chi connectivity index (χ4n) is 11.7. The normalized spacial score (nSPS) is 13.4. The van der Waals surface area contributed by atoms with Crippen molar-refractivity contribution in [2.75, 3.05) is 0 Å². The Morgan fingerprint density at radius 3 is 1.26 bits per heavy atom. The third-order valence-corrected chi connectivity index (χ3v) is 14.2. The smallest absolute Gasteiger partial charge is 0.0619 e. The first kappa shape index (κ1) is 33.1. The maximum Gasteiger partial charge on any atom is 0.0725 e. The van der Waals surface area contributed by atoms with Crippen molar-refractivity contribution < 1.29 is 0 Å². The van der Waals surface area contributed by atoms with Crippen molar-refractivity contribution in [2.45, 2.75) is 5.41 Å². The summed E-state index contributed by atoms with van der Waals surface area (Å²) in [5.41, 5.74) is 15.5. The van der Waals surface area contributed by atoms with Crippen LogP contribution in [0.2, 0.25) is 0 Å². The van der Waals surface area contributed by atoms with Crippen molar-refractivity contribution in [1.82, 2.24) is 0 Å². The van der Waals surface area contributed by atoms with Crippen molar-refractivity contribution in [1.29, 1.82) is 0 Å². The van der Waals surface area contributed by atoms with Gasteiger partial charge in [0.15, 0.2) is 0 Å². The van der Waals surface area contributed by atoms with Gasteiger partial charge in [0.25, 0.3) is 0 Å². The van der Waals surface area contributed by atoms with Crippen LogP contribution in [0.5, 0.6) is 0 Å². The van der Waals surface area contributed by atoms with Crippen LogP contribution in [0.4, 0.5) is 0 Å². The summed E-state index contributed by atoms with van der Waals surface area (Å²) in [5.74, 6) is 0. The summed E-state index contributed by atoms with van der Waals surface area (Å²) in [6.45, 7) is 0. The number of rotatable bonds is 2. The first-order valence-corrected chi connectivity index (χ1v) is 21.4. The summed E-state index contributed by atoms with van der Waals surface area (Å²) in [7, 11) is 0. The Balaban J connectivity index is 1.05. The molecular weight excluding hydrogens is 733 g/mol.